The van der Waals surface area contributed by atoms with Crippen LogP contribution >= 0.6 is 11.6 Å². The molecule has 6 rings (SSSR count). The Bertz CT molecular complexity index is 1550. The van der Waals surface area contributed by atoms with Gasteiger partial charge in [0.25, 0.3) is 5.88 Å². The van der Waals surface area contributed by atoms with Gasteiger partial charge in [-0.25, -0.2) is 19.6 Å². The van der Waals surface area contributed by atoms with Crippen LogP contribution in [0.3, 0.4) is 0 Å². The number of hydrogen-bond donors (Lipinski definition) is 1. The fourth-order valence-corrected chi connectivity index (χ4v) is 6.60. The molecule has 1 saturated carbocycles. The normalized spacial score (nSPS) is 22.9. The predicted octanol–water partition coefficient (Wildman–Crippen LogP) is 6.18. The third-order valence-corrected chi connectivity index (χ3v) is 8.76. The van der Waals surface area contributed by atoms with Gasteiger partial charge in [-0.15, -0.1) is 5.10 Å². The number of rotatable bonds is 11. The highest BCUT2D eigenvalue weighted by Crippen LogP contribution is 2.36. The van der Waals surface area contributed by atoms with Gasteiger partial charge in [-0.1, -0.05) is 17.7 Å². The van der Waals surface area contributed by atoms with E-state index in [4.69, 9.17) is 30.9 Å². The number of nitrogens with zero attached hydrogens (tertiary/aromatic N) is 8. The number of halogens is 1. The highest BCUT2D eigenvalue weighted by molar-refractivity contribution is 6.32. The average molecular weight is 650 g/mol. The van der Waals surface area contributed by atoms with Crippen LogP contribution in [-0.4, -0.2) is 83.0 Å². The minimum absolute atomic E-state index is 0.0199. The summed E-state index contributed by atoms with van der Waals surface area (Å²) in [4.78, 5) is 15.8. The van der Waals surface area contributed by atoms with Crippen LogP contribution in [-0.2, 0) is 11.3 Å². The molecule has 1 saturated heterocycles. The van der Waals surface area contributed by atoms with Crippen molar-refractivity contribution in [3.63, 3.8) is 0 Å². The van der Waals surface area contributed by atoms with Crippen molar-refractivity contribution in [1.82, 2.24) is 39.4 Å². The van der Waals surface area contributed by atoms with E-state index in [0.29, 0.717) is 41.2 Å². The molecule has 1 N–H and O–H groups in total. The van der Waals surface area contributed by atoms with Gasteiger partial charge in [0, 0.05) is 37.1 Å². The average Bonchev–Trinajstić information content (AvgIpc) is 3.68. The van der Waals surface area contributed by atoms with Crippen molar-refractivity contribution < 1.29 is 14.2 Å². The first-order valence-electron chi connectivity index (χ1n) is 16.2. The molecule has 4 heterocycles. The topological polar surface area (TPSA) is 117 Å². The van der Waals surface area contributed by atoms with Crippen molar-refractivity contribution >= 4 is 23.2 Å². The van der Waals surface area contributed by atoms with Gasteiger partial charge in [0.2, 0.25) is 5.95 Å². The number of aromatic nitrogens is 7. The summed E-state index contributed by atoms with van der Waals surface area (Å²) in [6.45, 7) is 12.9. The predicted molar refractivity (Wildman–Crippen MR) is 177 cm³/mol. The van der Waals surface area contributed by atoms with Crippen molar-refractivity contribution in [2.45, 2.75) is 103 Å². The Kier molecular flexibility index (Phi) is 10.1. The maximum atomic E-state index is 6.46. The summed E-state index contributed by atoms with van der Waals surface area (Å²) in [5.74, 6) is 1.60. The first-order valence-corrected chi connectivity index (χ1v) is 16.6. The first kappa shape index (κ1) is 32.2. The van der Waals surface area contributed by atoms with Crippen LogP contribution in [0, 0.1) is 0 Å². The summed E-state index contributed by atoms with van der Waals surface area (Å²) in [6.07, 6.45) is 13.6. The molecule has 13 heteroatoms. The Morgan fingerprint density at radius 2 is 1.70 bits per heavy atom. The fraction of sp³-hybridized carbons (Fsp3) is 0.545. The molecule has 0 spiro atoms. The van der Waals surface area contributed by atoms with E-state index in [9.17, 15) is 0 Å². The van der Waals surface area contributed by atoms with Crippen molar-refractivity contribution in [3.05, 3.63) is 54.5 Å². The molecule has 4 aromatic rings. The summed E-state index contributed by atoms with van der Waals surface area (Å²) < 4.78 is 22.0. The summed E-state index contributed by atoms with van der Waals surface area (Å²) in [7, 11) is 0. The molecule has 1 aromatic carbocycles. The van der Waals surface area contributed by atoms with Gasteiger partial charge in [0.05, 0.1) is 42.1 Å². The second-order valence-electron chi connectivity index (χ2n) is 12.8. The minimum Gasteiger partial charge on any atom is -0.487 e. The van der Waals surface area contributed by atoms with E-state index in [2.05, 4.69) is 48.8 Å². The lowest BCUT2D eigenvalue weighted by Gasteiger charge is -2.42. The monoisotopic (exact) mass is 649 g/mol. The number of ether oxygens (including phenoxy) is 3. The van der Waals surface area contributed by atoms with E-state index in [1.54, 1.807) is 23.4 Å². The van der Waals surface area contributed by atoms with Crippen LogP contribution in [0.1, 0.15) is 66.3 Å². The van der Waals surface area contributed by atoms with Gasteiger partial charge in [-0.05, 0) is 78.0 Å². The highest BCUT2D eigenvalue weighted by Gasteiger charge is 2.32. The van der Waals surface area contributed by atoms with Crippen LogP contribution in [0.15, 0.2) is 49.4 Å². The Balaban J connectivity index is 1.11. The lowest BCUT2D eigenvalue weighted by Crippen LogP contribution is -2.51. The summed E-state index contributed by atoms with van der Waals surface area (Å²) in [6, 6.07) is 6.57. The van der Waals surface area contributed by atoms with Crippen LogP contribution in [0.4, 0.5) is 11.6 Å². The maximum absolute atomic E-state index is 6.46. The van der Waals surface area contributed by atoms with E-state index in [1.165, 1.54) is 6.33 Å². The number of nitrogens with one attached hydrogen (secondary N) is 1. The quantitative estimate of drug-likeness (QED) is 0.202. The first-order chi connectivity index (χ1) is 22.2. The standard InChI is InChI=1S/C33H44ClN9O3/c1-21(2)44-32-30(18-43(40-32)28-9-7-27(8-10-28)41-15-22(3)45-23(4)16-41)39-33-36-13-26(14-37-33)25-6-11-29(34)31(12-25)46-24(5)17-42-20-35-19-38-42/h6,11-14,18-24,27-28H,7-10,15-17H2,1-5H3,(H,36,37,39)/t22-,23+,24-,27?,28?/m0/s1. The third kappa shape index (κ3) is 7.97. The molecule has 46 heavy (non-hydrogen) atoms. The summed E-state index contributed by atoms with van der Waals surface area (Å²) in [5.41, 5.74) is 2.49. The van der Waals surface area contributed by atoms with Gasteiger partial charge in [-0.2, -0.15) is 5.10 Å². The van der Waals surface area contributed by atoms with Crippen LogP contribution in [0.2, 0.25) is 5.02 Å². The Labute approximate surface area is 275 Å². The number of benzene rings is 1. The molecule has 246 valence electrons. The van der Waals surface area contributed by atoms with E-state index < -0.39 is 0 Å². The van der Waals surface area contributed by atoms with Crippen LogP contribution in [0.25, 0.3) is 11.1 Å². The second kappa shape index (κ2) is 14.4. The van der Waals surface area contributed by atoms with Gasteiger partial charge >= 0.3 is 0 Å². The van der Waals surface area contributed by atoms with Gasteiger partial charge < -0.3 is 19.5 Å². The zero-order chi connectivity index (χ0) is 32.2. The Morgan fingerprint density at radius 3 is 2.37 bits per heavy atom. The molecule has 0 amide bonds. The van der Waals surface area contributed by atoms with Gasteiger partial charge in [0.15, 0.2) is 0 Å². The van der Waals surface area contributed by atoms with Crippen LogP contribution in [0.5, 0.6) is 11.6 Å². The number of anilines is 2. The SMILES string of the molecule is CC(C)Oc1nn(C2CCC(N3C[C@@H](C)O[C@@H](C)C3)CC2)cc1Nc1ncc(-c2ccc(Cl)c(O[C@@H](C)Cn3cncn3)c2)cn1. The molecule has 1 aliphatic carbocycles. The lowest BCUT2D eigenvalue weighted by atomic mass is 9.89. The lowest BCUT2D eigenvalue weighted by molar-refractivity contribution is -0.0852. The summed E-state index contributed by atoms with van der Waals surface area (Å²) in [5, 5.41) is 12.9. The number of morpholine rings is 1. The Hall–Kier alpha value is -3.74. The van der Waals surface area contributed by atoms with Crippen molar-refractivity contribution in [2.75, 3.05) is 18.4 Å². The fourth-order valence-electron chi connectivity index (χ4n) is 6.44. The number of hydrogen-bond acceptors (Lipinski definition) is 10. The van der Waals surface area contributed by atoms with Crippen molar-refractivity contribution in [1.29, 1.82) is 0 Å². The molecule has 2 aliphatic rings. The molecule has 1 aliphatic heterocycles. The minimum atomic E-state index is -0.159. The molecule has 2 fully saturated rings. The Morgan fingerprint density at radius 1 is 0.978 bits per heavy atom. The molecule has 12 nitrogen and oxygen atoms in total. The van der Waals surface area contributed by atoms with E-state index in [1.807, 2.05) is 45.2 Å². The second-order valence-corrected chi connectivity index (χ2v) is 13.2. The molecule has 0 bridgehead atoms. The maximum Gasteiger partial charge on any atom is 0.257 e. The third-order valence-electron chi connectivity index (χ3n) is 8.45. The molecule has 0 radical (unpaired) electrons. The highest BCUT2D eigenvalue weighted by atomic mass is 35.5. The molecule has 0 unspecified atom stereocenters. The smallest absolute Gasteiger partial charge is 0.257 e. The van der Waals surface area contributed by atoms with E-state index >= 15 is 0 Å². The summed E-state index contributed by atoms with van der Waals surface area (Å²) >= 11 is 6.46. The molecule has 3 aromatic heterocycles. The van der Waals surface area contributed by atoms with Crippen LogP contribution < -0.4 is 14.8 Å². The van der Waals surface area contributed by atoms with E-state index in [-0.39, 0.29) is 24.4 Å². The zero-order valence-corrected chi connectivity index (χ0v) is 28.0. The zero-order valence-electron chi connectivity index (χ0n) is 27.2. The molecular weight excluding hydrogens is 606 g/mol. The molecular formula is C33H44ClN9O3. The largest absolute Gasteiger partial charge is 0.487 e. The van der Waals surface area contributed by atoms with Gasteiger partial charge in [-0.3, -0.25) is 9.58 Å². The molecule has 3 atom stereocenters. The van der Waals surface area contributed by atoms with Gasteiger partial charge in [0.1, 0.15) is 30.2 Å². The van der Waals surface area contributed by atoms with Crippen molar-refractivity contribution in [3.8, 4) is 22.8 Å². The van der Waals surface area contributed by atoms with Crippen molar-refractivity contribution in [2.24, 2.45) is 0 Å². The van der Waals surface area contributed by atoms with E-state index in [0.717, 1.165) is 55.6 Å².